The van der Waals surface area contributed by atoms with Crippen molar-refractivity contribution in [2.24, 2.45) is 0 Å². The van der Waals surface area contributed by atoms with Crippen LogP contribution in [0.4, 0.5) is 0 Å². The van der Waals surface area contributed by atoms with Crippen molar-refractivity contribution in [2.45, 2.75) is 56.0 Å². The molecule has 1 aliphatic carbocycles. The molecule has 1 saturated heterocycles. The van der Waals surface area contributed by atoms with Crippen molar-refractivity contribution in [1.82, 2.24) is 14.5 Å². The van der Waals surface area contributed by atoms with Gasteiger partial charge in [-0.3, -0.25) is 9.59 Å². The Labute approximate surface area is 282 Å². The van der Waals surface area contributed by atoms with Gasteiger partial charge >= 0.3 is 0 Å². The van der Waals surface area contributed by atoms with Gasteiger partial charge in [-0.25, -0.2) is 8.42 Å². The van der Waals surface area contributed by atoms with Gasteiger partial charge in [0.05, 0.1) is 18.1 Å². The van der Waals surface area contributed by atoms with Crippen molar-refractivity contribution >= 4 is 33.4 Å². The van der Waals surface area contributed by atoms with Gasteiger partial charge in [-0.2, -0.15) is 4.31 Å². The number of halogens is 1. The third-order valence-electron chi connectivity index (χ3n) is 8.46. The first kappa shape index (κ1) is 34.6. The molecule has 1 heterocycles. The minimum absolute atomic E-state index is 0.144. The fourth-order valence-corrected chi connectivity index (χ4v) is 7.34. The Morgan fingerprint density at radius 1 is 0.936 bits per heavy atom. The summed E-state index contributed by atoms with van der Waals surface area (Å²) in [6.07, 6.45) is 7.90. The molecule has 47 heavy (non-hydrogen) atoms. The van der Waals surface area contributed by atoms with Gasteiger partial charge in [-0.05, 0) is 79.6 Å². The highest BCUT2D eigenvalue weighted by Gasteiger charge is 2.31. The molecule has 5 rings (SSSR count). The summed E-state index contributed by atoms with van der Waals surface area (Å²) in [5.41, 5.74) is 3.11. The number of nitrogens with one attached hydrogen (secondary N) is 1. The molecule has 1 atom stereocenters. The number of rotatable bonds is 14. The largest absolute Gasteiger partial charge is 0.484 e. The zero-order valence-electron chi connectivity index (χ0n) is 26.5. The number of nitrogens with zero attached hydrogens (tertiary/aromatic N) is 2. The fourth-order valence-electron chi connectivity index (χ4n) is 5.81. The molecule has 1 fully saturated rings. The first-order valence-corrected chi connectivity index (χ1v) is 18.0. The molecule has 3 aromatic carbocycles. The van der Waals surface area contributed by atoms with E-state index in [2.05, 4.69) is 11.4 Å². The van der Waals surface area contributed by atoms with Gasteiger partial charge in [-0.1, -0.05) is 65.7 Å². The van der Waals surface area contributed by atoms with E-state index >= 15 is 0 Å². The molecular formula is C36H42ClN3O6S. The Balaban J connectivity index is 1.32. The Hall–Kier alpha value is -3.70. The van der Waals surface area contributed by atoms with Gasteiger partial charge in [-0.15, -0.1) is 0 Å². The number of sulfonamides is 1. The van der Waals surface area contributed by atoms with Crippen molar-refractivity contribution in [3.8, 4) is 5.75 Å². The average Bonchev–Trinajstić information content (AvgIpc) is 3.11. The quantitative estimate of drug-likeness (QED) is 0.229. The third kappa shape index (κ3) is 9.90. The maximum Gasteiger partial charge on any atom is 0.261 e. The maximum atomic E-state index is 13.9. The number of benzene rings is 3. The number of carbonyl (C=O) groups is 2. The van der Waals surface area contributed by atoms with Crippen molar-refractivity contribution in [1.29, 1.82) is 0 Å². The van der Waals surface area contributed by atoms with E-state index in [-0.39, 0.29) is 29.9 Å². The van der Waals surface area contributed by atoms with Crippen LogP contribution in [0.15, 0.2) is 95.4 Å². The van der Waals surface area contributed by atoms with Crippen LogP contribution in [0.3, 0.4) is 0 Å². The maximum absolute atomic E-state index is 13.9. The Morgan fingerprint density at radius 3 is 2.34 bits per heavy atom. The molecule has 1 aliphatic heterocycles. The zero-order chi connectivity index (χ0) is 33.1. The number of hydrogen-bond acceptors (Lipinski definition) is 6. The number of morpholine rings is 1. The molecule has 0 unspecified atom stereocenters. The third-order valence-corrected chi connectivity index (χ3v) is 10.6. The summed E-state index contributed by atoms with van der Waals surface area (Å²) >= 11 is 6.14. The minimum Gasteiger partial charge on any atom is -0.484 e. The lowest BCUT2D eigenvalue weighted by Gasteiger charge is -2.31. The molecule has 0 saturated carbocycles. The molecule has 0 bridgehead atoms. The minimum atomic E-state index is -3.66. The van der Waals surface area contributed by atoms with Gasteiger partial charge in [0.25, 0.3) is 5.91 Å². The lowest BCUT2D eigenvalue weighted by Crippen LogP contribution is -2.51. The second-order valence-corrected chi connectivity index (χ2v) is 14.2. The van der Waals surface area contributed by atoms with E-state index in [0.717, 1.165) is 30.4 Å². The van der Waals surface area contributed by atoms with Crippen LogP contribution in [-0.4, -0.2) is 74.9 Å². The molecule has 9 nitrogen and oxygen atoms in total. The molecular weight excluding hydrogens is 638 g/mol. The van der Waals surface area contributed by atoms with Crippen LogP contribution < -0.4 is 10.1 Å². The summed E-state index contributed by atoms with van der Waals surface area (Å²) in [4.78, 5) is 29.5. The summed E-state index contributed by atoms with van der Waals surface area (Å²) in [6, 6.07) is 22.1. The predicted molar refractivity (Wildman–Crippen MR) is 182 cm³/mol. The summed E-state index contributed by atoms with van der Waals surface area (Å²) < 4.78 is 38.6. The Kier molecular flexibility index (Phi) is 12.5. The second kappa shape index (κ2) is 16.9. The lowest BCUT2D eigenvalue weighted by atomic mass is 9.97. The smallest absolute Gasteiger partial charge is 0.261 e. The van der Waals surface area contributed by atoms with Crippen LogP contribution in [0.25, 0.3) is 0 Å². The highest BCUT2D eigenvalue weighted by Crippen LogP contribution is 2.23. The SMILES string of the molecule is O=C(NCCC1=CCCCC1)[C@H](Cc1ccccc1)N(Cc1ccc(Cl)cc1)C(=O)COc1ccc(S(=O)(=O)N2CCOCC2)cc1. The monoisotopic (exact) mass is 679 g/mol. The van der Waals surface area contributed by atoms with E-state index in [1.807, 2.05) is 42.5 Å². The molecule has 2 amide bonds. The van der Waals surface area contributed by atoms with E-state index in [1.54, 1.807) is 17.0 Å². The number of ether oxygens (including phenoxy) is 2. The van der Waals surface area contributed by atoms with Crippen LogP contribution in [-0.2, 0) is 37.3 Å². The number of allylic oxidation sites excluding steroid dienone is 1. The highest BCUT2D eigenvalue weighted by molar-refractivity contribution is 7.89. The molecule has 250 valence electrons. The summed E-state index contributed by atoms with van der Waals surface area (Å²) in [5.74, 6) is -0.267. The van der Waals surface area contributed by atoms with Crippen molar-refractivity contribution in [3.05, 3.63) is 107 Å². The van der Waals surface area contributed by atoms with Crippen LogP contribution in [0.5, 0.6) is 5.75 Å². The molecule has 11 heteroatoms. The summed E-state index contributed by atoms with van der Waals surface area (Å²) in [5, 5.41) is 3.67. The molecule has 1 N–H and O–H groups in total. The Morgan fingerprint density at radius 2 is 1.66 bits per heavy atom. The van der Waals surface area contributed by atoms with Crippen LogP contribution >= 0.6 is 11.6 Å². The van der Waals surface area contributed by atoms with E-state index < -0.39 is 16.1 Å². The summed E-state index contributed by atoms with van der Waals surface area (Å²) in [6.45, 7) is 1.64. The molecule has 3 aromatic rings. The van der Waals surface area contributed by atoms with Gasteiger partial charge < -0.3 is 19.7 Å². The van der Waals surface area contributed by atoms with E-state index in [0.29, 0.717) is 50.0 Å². The predicted octanol–water partition coefficient (Wildman–Crippen LogP) is 5.39. The lowest BCUT2D eigenvalue weighted by molar-refractivity contribution is -0.142. The first-order valence-electron chi connectivity index (χ1n) is 16.1. The fraction of sp³-hybridized carbons (Fsp3) is 0.389. The topological polar surface area (TPSA) is 105 Å². The van der Waals surface area contributed by atoms with Crippen molar-refractivity contribution in [3.63, 3.8) is 0 Å². The number of hydrogen-bond donors (Lipinski definition) is 1. The van der Waals surface area contributed by atoms with Crippen LogP contribution in [0, 0.1) is 0 Å². The van der Waals surface area contributed by atoms with Gasteiger partial charge in [0.2, 0.25) is 15.9 Å². The average molecular weight is 680 g/mol. The van der Waals surface area contributed by atoms with Gasteiger partial charge in [0.1, 0.15) is 11.8 Å². The van der Waals surface area contributed by atoms with E-state index in [4.69, 9.17) is 21.1 Å². The highest BCUT2D eigenvalue weighted by atomic mass is 35.5. The summed E-state index contributed by atoms with van der Waals surface area (Å²) in [7, 11) is -3.66. The standard InChI is InChI=1S/C36H42ClN3O6S/c37-31-13-11-30(12-14-31)26-40(34(25-29-9-5-2-6-10-29)36(42)38-20-19-28-7-3-1-4-8-28)35(41)27-46-32-15-17-33(18-16-32)47(43,44)39-21-23-45-24-22-39/h2,5-7,9-18,34H,1,3-4,8,19-27H2,(H,38,42)/t34-/m0/s1. The van der Waals surface area contributed by atoms with Crippen LogP contribution in [0.1, 0.15) is 43.2 Å². The first-order chi connectivity index (χ1) is 22.8. The van der Waals surface area contributed by atoms with Crippen molar-refractivity contribution in [2.75, 3.05) is 39.5 Å². The zero-order valence-corrected chi connectivity index (χ0v) is 28.1. The molecule has 0 spiro atoms. The number of carbonyl (C=O) groups excluding carboxylic acids is 2. The normalized spacial score (nSPS) is 16.1. The van der Waals surface area contributed by atoms with E-state index in [9.17, 15) is 18.0 Å². The number of amides is 2. The van der Waals surface area contributed by atoms with Gasteiger partial charge in [0, 0.05) is 37.6 Å². The van der Waals surface area contributed by atoms with E-state index in [1.165, 1.54) is 47.0 Å². The van der Waals surface area contributed by atoms with Gasteiger partial charge in [0.15, 0.2) is 6.61 Å². The molecule has 0 aromatic heterocycles. The molecule has 2 aliphatic rings. The van der Waals surface area contributed by atoms with Crippen molar-refractivity contribution < 1.29 is 27.5 Å². The molecule has 0 radical (unpaired) electrons. The van der Waals surface area contributed by atoms with Crippen LogP contribution in [0.2, 0.25) is 5.02 Å². The second-order valence-electron chi connectivity index (χ2n) is 11.8. The Bertz CT molecular complexity index is 1610.